The summed E-state index contributed by atoms with van der Waals surface area (Å²) in [5.41, 5.74) is 0. The maximum absolute atomic E-state index is 5.29. The SMILES string of the molecule is CCCCC1CCC(CNC(=NC)N2CCC(COC)C2)CC1.I. The van der Waals surface area contributed by atoms with Crippen molar-refractivity contribution in [3.63, 3.8) is 0 Å². The number of hydrogen-bond acceptors (Lipinski definition) is 2. The van der Waals surface area contributed by atoms with Crippen molar-refractivity contribution < 1.29 is 4.74 Å². The Balaban J connectivity index is 0.00000288. The molecule has 1 aliphatic heterocycles. The molecule has 0 aromatic heterocycles. The van der Waals surface area contributed by atoms with Gasteiger partial charge in [-0.1, -0.05) is 39.0 Å². The highest BCUT2D eigenvalue weighted by Crippen LogP contribution is 2.31. The van der Waals surface area contributed by atoms with E-state index in [0.29, 0.717) is 5.92 Å². The quantitative estimate of drug-likeness (QED) is 0.359. The number of guanidine groups is 1. The Morgan fingerprint density at radius 2 is 1.83 bits per heavy atom. The van der Waals surface area contributed by atoms with Gasteiger partial charge in [0.1, 0.15) is 0 Å². The number of rotatable bonds is 7. The fourth-order valence-corrected chi connectivity index (χ4v) is 4.18. The van der Waals surface area contributed by atoms with Crippen LogP contribution >= 0.6 is 24.0 Å². The number of unbranched alkanes of at least 4 members (excludes halogenated alkanes) is 1. The first-order valence-electron chi connectivity index (χ1n) is 9.71. The Kier molecular flexibility index (Phi) is 11.3. The first-order valence-corrected chi connectivity index (χ1v) is 9.71. The fourth-order valence-electron chi connectivity index (χ4n) is 4.18. The molecule has 0 spiro atoms. The number of methoxy groups -OCH3 is 1. The minimum Gasteiger partial charge on any atom is -0.384 e. The van der Waals surface area contributed by atoms with Crippen LogP contribution in [0.3, 0.4) is 0 Å². The highest BCUT2D eigenvalue weighted by molar-refractivity contribution is 14.0. The third-order valence-electron chi connectivity index (χ3n) is 5.68. The number of halogens is 1. The Labute approximate surface area is 166 Å². The van der Waals surface area contributed by atoms with Gasteiger partial charge in [0.2, 0.25) is 0 Å². The molecule has 4 nitrogen and oxygen atoms in total. The van der Waals surface area contributed by atoms with Gasteiger partial charge in [-0.25, -0.2) is 0 Å². The van der Waals surface area contributed by atoms with E-state index in [-0.39, 0.29) is 24.0 Å². The predicted molar refractivity (Wildman–Crippen MR) is 113 cm³/mol. The van der Waals surface area contributed by atoms with Crippen LogP contribution in [0.25, 0.3) is 0 Å². The molecule has 1 saturated carbocycles. The van der Waals surface area contributed by atoms with Crippen molar-refractivity contribution in [2.45, 2.75) is 58.3 Å². The van der Waals surface area contributed by atoms with E-state index < -0.39 is 0 Å². The Bertz CT molecular complexity index is 357. The average molecular weight is 451 g/mol. The summed E-state index contributed by atoms with van der Waals surface area (Å²) in [6.45, 7) is 6.46. The van der Waals surface area contributed by atoms with Crippen LogP contribution in [-0.4, -0.2) is 51.3 Å². The van der Waals surface area contributed by atoms with E-state index in [1.165, 1.54) is 51.4 Å². The van der Waals surface area contributed by atoms with E-state index in [9.17, 15) is 0 Å². The molecule has 0 aromatic carbocycles. The zero-order valence-electron chi connectivity index (χ0n) is 15.9. The molecular weight excluding hydrogens is 413 g/mol. The van der Waals surface area contributed by atoms with E-state index in [1.54, 1.807) is 7.11 Å². The Hall–Kier alpha value is -0.0400. The molecule has 1 saturated heterocycles. The summed E-state index contributed by atoms with van der Waals surface area (Å²) in [5.74, 6) is 3.59. The molecule has 2 aliphatic rings. The lowest BCUT2D eigenvalue weighted by Gasteiger charge is -2.30. The molecule has 1 aliphatic carbocycles. The second kappa shape index (κ2) is 12.3. The normalized spacial score (nSPS) is 27.9. The second-order valence-electron chi connectivity index (χ2n) is 7.51. The number of nitrogens with one attached hydrogen (secondary N) is 1. The third kappa shape index (κ3) is 7.06. The minimum atomic E-state index is 0. The van der Waals surface area contributed by atoms with E-state index in [4.69, 9.17) is 4.74 Å². The van der Waals surface area contributed by atoms with Gasteiger partial charge in [0, 0.05) is 39.7 Å². The third-order valence-corrected chi connectivity index (χ3v) is 5.68. The molecule has 5 heteroatoms. The van der Waals surface area contributed by atoms with Gasteiger partial charge in [-0.05, 0) is 31.1 Å². The monoisotopic (exact) mass is 451 g/mol. The molecule has 1 N–H and O–H groups in total. The van der Waals surface area contributed by atoms with Crippen molar-refractivity contribution in [2.24, 2.45) is 22.7 Å². The molecule has 2 fully saturated rings. The molecule has 0 bridgehead atoms. The van der Waals surface area contributed by atoms with Crippen molar-refractivity contribution in [1.29, 1.82) is 0 Å². The van der Waals surface area contributed by atoms with Crippen molar-refractivity contribution in [1.82, 2.24) is 10.2 Å². The minimum absolute atomic E-state index is 0. The number of likely N-dealkylation sites (tertiary alicyclic amines) is 1. The molecule has 142 valence electrons. The maximum Gasteiger partial charge on any atom is 0.193 e. The lowest BCUT2D eigenvalue weighted by molar-refractivity contribution is 0.157. The highest BCUT2D eigenvalue weighted by Gasteiger charge is 2.26. The Morgan fingerprint density at radius 3 is 2.46 bits per heavy atom. The van der Waals surface area contributed by atoms with Crippen LogP contribution in [0, 0.1) is 17.8 Å². The largest absolute Gasteiger partial charge is 0.384 e. The van der Waals surface area contributed by atoms with Crippen LogP contribution in [0.15, 0.2) is 4.99 Å². The summed E-state index contributed by atoms with van der Waals surface area (Å²) in [6, 6.07) is 0. The average Bonchev–Trinajstić information content (AvgIpc) is 3.03. The van der Waals surface area contributed by atoms with Crippen molar-refractivity contribution in [3.8, 4) is 0 Å². The number of hydrogen-bond donors (Lipinski definition) is 1. The van der Waals surface area contributed by atoms with Gasteiger partial charge in [-0.15, -0.1) is 24.0 Å². The van der Waals surface area contributed by atoms with Gasteiger partial charge in [0.25, 0.3) is 0 Å². The van der Waals surface area contributed by atoms with Gasteiger partial charge in [-0.3, -0.25) is 4.99 Å². The van der Waals surface area contributed by atoms with E-state index in [1.807, 2.05) is 7.05 Å². The van der Waals surface area contributed by atoms with E-state index >= 15 is 0 Å². The Morgan fingerprint density at radius 1 is 1.12 bits per heavy atom. The summed E-state index contributed by atoms with van der Waals surface area (Å²) < 4.78 is 5.29. The van der Waals surface area contributed by atoms with E-state index in [0.717, 1.165) is 44.0 Å². The predicted octanol–water partition coefficient (Wildman–Crippen LogP) is 4.14. The number of aliphatic imine (C=N–C) groups is 1. The zero-order valence-corrected chi connectivity index (χ0v) is 18.3. The van der Waals surface area contributed by atoms with Crippen molar-refractivity contribution >= 4 is 29.9 Å². The van der Waals surface area contributed by atoms with Crippen LogP contribution in [0.5, 0.6) is 0 Å². The zero-order chi connectivity index (χ0) is 16.5. The highest BCUT2D eigenvalue weighted by atomic mass is 127. The summed E-state index contributed by atoms with van der Waals surface area (Å²) in [5, 5.41) is 3.64. The van der Waals surface area contributed by atoms with Crippen LogP contribution in [0.2, 0.25) is 0 Å². The summed E-state index contributed by atoms with van der Waals surface area (Å²) in [7, 11) is 3.71. The van der Waals surface area contributed by atoms with Crippen LogP contribution in [-0.2, 0) is 4.74 Å². The summed E-state index contributed by atoms with van der Waals surface area (Å²) in [4.78, 5) is 6.89. The molecule has 1 atom stereocenters. The lowest BCUT2D eigenvalue weighted by atomic mass is 9.80. The first kappa shape index (κ1) is 22.0. The summed E-state index contributed by atoms with van der Waals surface area (Å²) >= 11 is 0. The maximum atomic E-state index is 5.29. The van der Waals surface area contributed by atoms with Crippen molar-refractivity contribution in [2.75, 3.05) is 40.4 Å². The molecule has 24 heavy (non-hydrogen) atoms. The lowest BCUT2D eigenvalue weighted by Crippen LogP contribution is -2.42. The van der Waals surface area contributed by atoms with Crippen LogP contribution < -0.4 is 5.32 Å². The number of nitrogens with zero attached hydrogens (tertiary/aromatic N) is 2. The van der Waals surface area contributed by atoms with E-state index in [2.05, 4.69) is 22.1 Å². The van der Waals surface area contributed by atoms with Gasteiger partial charge in [0.15, 0.2) is 5.96 Å². The molecule has 2 rings (SSSR count). The smallest absolute Gasteiger partial charge is 0.193 e. The topological polar surface area (TPSA) is 36.9 Å². The molecule has 0 amide bonds. The fraction of sp³-hybridized carbons (Fsp3) is 0.947. The molecule has 1 heterocycles. The first-order chi connectivity index (χ1) is 11.3. The van der Waals surface area contributed by atoms with Gasteiger partial charge in [-0.2, -0.15) is 0 Å². The standard InChI is InChI=1S/C19H37N3O.HI/c1-4-5-6-16-7-9-17(10-8-16)13-21-19(20-2)22-12-11-18(14-22)15-23-3;/h16-18H,4-15H2,1-3H3,(H,20,21);1H. The van der Waals surface area contributed by atoms with Crippen LogP contribution in [0.4, 0.5) is 0 Å². The molecule has 0 aromatic rings. The van der Waals surface area contributed by atoms with Gasteiger partial charge >= 0.3 is 0 Å². The second-order valence-corrected chi connectivity index (χ2v) is 7.51. The summed E-state index contributed by atoms with van der Waals surface area (Å²) in [6.07, 6.45) is 11.1. The van der Waals surface area contributed by atoms with Gasteiger partial charge in [0.05, 0.1) is 6.61 Å². The molecule has 0 radical (unpaired) electrons. The molecular formula is C19H38IN3O. The van der Waals surface area contributed by atoms with Gasteiger partial charge < -0.3 is 15.0 Å². The number of ether oxygens (including phenoxy) is 1. The molecule has 1 unspecified atom stereocenters. The van der Waals surface area contributed by atoms with Crippen molar-refractivity contribution in [3.05, 3.63) is 0 Å². The van der Waals surface area contributed by atoms with Crippen LogP contribution in [0.1, 0.15) is 58.3 Å².